The van der Waals surface area contributed by atoms with E-state index < -0.39 is 0 Å². The first-order valence-corrected chi connectivity index (χ1v) is 7.42. The third-order valence-electron chi connectivity index (χ3n) is 5.43. The van der Waals surface area contributed by atoms with Gasteiger partial charge in [-0.15, -0.1) is 0 Å². The van der Waals surface area contributed by atoms with E-state index in [1.165, 1.54) is 0 Å². The number of hydrogen-bond donors (Lipinski definition) is 0. The van der Waals surface area contributed by atoms with E-state index in [1.807, 2.05) is 0 Å². The molecule has 100 valence electrons. The maximum Gasteiger partial charge on any atom is 0.130 e. The predicted molar refractivity (Wildman–Crippen MR) is 67.5 cm³/mol. The second-order valence-corrected chi connectivity index (χ2v) is 6.17. The van der Waals surface area contributed by atoms with Crippen molar-refractivity contribution in [3.05, 3.63) is 12.2 Å². The summed E-state index contributed by atoms with van der Waals surface area (Å²) < 4.78 is 18.8. The Morgan fingerprint density at radius 1 is 0.778 bits per heavy atom. The van der Waals surface area contributed by atoms with Gasteiger partial charge in [0.05, 0.1) is 0 Å². The summed E-state index contributed by atoms with van der Waals surface area (Å²) in [7, 11) is 0. The predicted octanol–water partition coefficient (Wildman–Crippen LogP) is 2.59. The number of fused-ring (bicyclic) bond motifs is 2. The molecule has 0 unspecified atom stereocenters. The Balaban J connectivity index is 1.84. The van der Waals surface area contributed by atoms with Crippen LogP contribution in [0.4, 0.5) is 0 Å². The molecule has 0 aromatic carbocycles. The van der Waals surface area contributed by atoms with Crippen LogP contribution in [-0.4, -0.2) is 36.6 Å². The first-order valence-electron chi connectivity index (χ1n) is 7.42. The number of ether oxygens (including phenoxy) is 3. The molecule has 3 spiro atoms. The highest BCUT2D eigenvalue weighted by Gasteiger charge is 2.68. The number of hydrogen-bond acceptors (Lipinski definition) is 3. The van der Waals surface area contributed by atoms with Gasteiger partial charge in [-0.1, -0.05) is 12.2 Å². The normalized spacial score (nSPS) is 51.1. The Kier molecular flexibility index (Phi) is 2.42. The SMILES string of the molecule is C1=C[C@@]2(CCCO2)[C@]2(CCCO2)[C@@]2(C1)CCCO2. The monoisotopic (exact) mass is 250 g/mol. The van der Waals surface area contributed by atoms with E-state index in [4.69, 9.17) is 14.2 Å². The van der Waals surface area contributed by atoms with E-state index in [9.17, 15) is 0 Å². The van der Waals surface area contributed by atoms with Crippen LogP contribution in [0.25, 0.3) is 0 Å². The van der Waals surface area contributed by atoms with Crippen molar-refractivity contribution in [3.8, 4) is 0 Å². The molecule has 0 amide bonds. The van der Waals surface area contributed by atoms with Crippen LogP contribution in [-0.2, 0) is 14.2 Å². The molecule has 3 atom stereocenters. The molecule has 0 saturated carbocycles. The molecule has 0 aromatic heterocycles. The van der Waals surface area contributed by atoms with Crippen LogP contribution in [0.15, 0.2) is 12.2 Å². The Hall–Kier alpha value is -0.380. The zero-order valence-corrected chi connectivity index (χ0v) is 11.0. The molecule has 3 heteroatoms. The van der Waals surface area contributed by atoms with Gasteiger partial charge in [0.1, 0.15) is 16.8 Å². The topological polar surface area (TPSA) is 27.7 Å². The van der Waals surface area contributed by atoms with Crippen molar-refractivity contribution in [2.24, 2.45) is 0 Å². The summed E-state index contributed by atoms with van der Waals surface area (Å²) in [5.41, 5.74) is -0.517. The minimum Gasteiger partial charge on any atom is -0.372 e. The van der Waals surface area contributed by atoms with Crippen LogP contribution in [0.2, 0.25) is 0 Å². The summed E-state index contributed by atoms with van der Waals surface area (Å²) in [6, 6.07) is 0. The van der Waals surface area contributed by atoms with Crippen LogP contribution in [0, 0.1) is 0 Å². The quantitative estimate of drug-likeness (QED) is 0.618. The van der Waals surface area contributed by atoms with Gasteiger partial charge in [0.25, 0.3) is 0 Å². The van der Waals surface area contributed by atoms with E-state index in [0.717, 1.165) is 64.8 Å². The average Bonchev–Trinajstić information content (AvgIpc) is 3.08. The average molecular weight is 250 g/mol. The molecule has 4 rings (SSSR count). The number of rotatable bonds is 0. The van der Waals surface area contributed by atoms with E-state index >= 15 is 0 Å². The lowest BCUT2D eigenvalue weighted by Gasteiger charge is -2.55. The third kappa shape index (κ3) is 1.21. The highest BCUT2D eigenvalue weighted by Crippen LogP contribution is 2.58. The van der Waals surface area contributed by atoms with Crippen LogP contribution in [0.3, 0.4) is 0 Å². The van der Waals surface area contributed by atoms with Gasteiger partial charge in [0.15, 0.2) is 0 Å². The minimum absolute atomic E-state index is 0.109. The van der Waals surface area contributed by atoms with Crippen LogP contribution >= 0.6 is 0 Å². The molecule has 0 aromatic rings. The van der Waals surface area contributed by atoms with Gasteiger partial charge < -0.3 is 14.2 Å². The fourth-order valence-corrected chi connectivity index (χ4v) is 4.75. The first-order chi connectivity index (χ1) is 8.83. The van der Waals surface area contributed by atoms with E-state index in [1.54, 1.807) is 0 Å². The van der Waals surface area contributed by atoms with Gasteiger partial charge in [-0.05, 0) is 44.9 Å². The summed E-state index contributed by atoms with van der Waals surface area (Å²) in [6.07, 6.45) is 12.3. The second-order valence-electron chi connectivity index (χ2n) is 6.17. The molecular formula is C15H22O3. The highest BCUT2D eigenvalue weighted by atomic mass is 16.6. The highest BCUT2D eigenvalue weighted by molar-refractivity contribution is 5.29. The standard InChI is InChI=1S/C15H22O3/c1-5-13(7-2-10-16-13)15(9-4-12-18-15)14(6-1)8-3-11-17-14/h1,5H,2-4,6-12H2/t13-,14-,15-/m1/s1. The van der Waals surface area contributed by atoms with Crippen molar-refractivity contribution in [3.63, 3.8) is 0 Å². The molecule has 3 nitrogen and oxygen atoms in total. The summed E-state index contributed by atoms with van der Waals surface area (Å²) in [5.74, 6) is 0. The van der Waals surface area contributed by atoms with Crippen molar-refractivity contribution < 1.29 is 14.2 Å². The van der Waals surface area contributed by atoms with Gasteiger partial charge in [0.2, 0.25) is 0 Å². The Morgan fingerprint density at radius 3 is 2.22 bits per heavy atom. The summed E-state index contributed by atoms with van der Waals surface area (Å²) in [6.45, 7) is 2.62. The lowest BCUT2D eigenvalue weighted by Crippen LogP contribution is -2.67. The lowest BCUT2D eigenvalue weighted by atomic mass is 9.62. The summed E-state index contributed by atoms with van der Waals surface area (Å²) >= 11 is 0. The van der Waals surface area contributed by atoms with Gasteiger partial charge in [0, 0.05) is 19.8 Å². The first kappa shape index (κ1) is 11.4. The van der Waals surface area contributed by atoms with Crippen molar-refractivity contribution in [2.45, 2.75) is 61.7 Å². The Labute approximate surface area is 108 Å². The minimum atomic E-state index is -0.207. The maximum absolute atomic E-state index is 6.36. The van der Waals surface area contributed by atoms with E-state index in [-0.39, 0.29) is 16.8 Å². The molecule has 4 aliphatic rings. The van der Waals surface area contributed by atoms with Gasteiger partial charge in [-0.25, -0.2) is 0 Å². The molecule has 1 aliphatic carbocycles. The van der Waals surface area contributed by atoms with Crippen molar-refractivity contribution in [1.82, 2.24) is 0 Å². The zero-order valence-electron chi connectivity index (χ0n) is 11.0. The van der Waals surface area contributed by atoms with Gasteiger partial charge in [-0.3, -0.25) is 0 Å². The summed E-state index contributed by atoms with van der Waals surface area (Å²) in [4.78, 5) is 0. The lowest BCUT2D eigenvalue weighted by molar-refractivity contribution is -0.244. The molecule has 0 bridgehead atoms. The van der Waals surface area contributed by atoms with Crippen LogP contribution in [0.5, 0.6) is 0 Å². The molecule has 3 fully saturated rings. The molecule has 18 heavy (non-hydrogen) atoms. The van der Waals surface area contributed by atoms with Gasteiger partial charge >= 0.3 is 0 Å². The molecule has 3 saturated heterocycles. The fourth-order valence-electron chi connectivity index (χ4n) is 4.75. The van der Waals surface area contributed by atoms with Crippen LogP contribution < -0.4 is 0 Å². The zero-order chi connectivity index (χ0) is 12.1. The molecule has 0 N–H and O–H groups in total. The fraction of sp³-hybridized carbons (Fsp3) is 0.867. The molecule has 3 heterocycles. The van der Waals surface area contributed by atoms with Crippen LogP contribution in [0.1, 0.15) is 44.9 Å². The third-order valence-corrected chi connectivity index (χ3v) is 5.43. The maximum atomic E-state index is 6.36. The Morgan fingerprint density at radius 2 is 1.56 bits per heavy atom. The smallest absolute Gasteiger partial charge is 0.130 e. The molecular weight excluding hydrogens is 228 g/mol. The largest absolute Gasteiger partial charge is 0.372 e. The van der Waals surface area contributed by atoms with Gasteiger partial charge in [-0.2, -0.15) is 0 Å². The van der Waals surface area contributed by atoms with Crippen molar-refractivity contribution in [1.29, 1.82) is 0 Å². The second kappa shape index (κ2) is 3.81. The van der Waals surface area contributed by atoms with E-state index in [0.29, 0.717) is 0 Å². The Bertz CT molecular complexity index is 356. The van der Waals surface area contributed by atoms with Crippen molar-refractivity contribution in [2.75, 3.05) is 19.8 Å². The summed E-state index contributed by atoms with van der Waals surface area (Å²) in [5, 5.41) is 0. The van der Waals surface area contributed by atoms with E-state index in [2.05, 4.69) is 12.2 Å². The van der Waals surface area contributed by atoms with Crippen molar-refractivity contribution >= 4 is 0 Å². The molecule has 3 aliphatic heterocycles. The molecule has 0 radical (unpaired) electrons.